The van der Waals surface area contributed by atoms with E-state index >= 15 is 0 Å². The summed E-state index contributed by atoms with van der Waals surface area (Å²) in [5.74, 6) is 0.0152. The molecule has 1 nitrogen and oxygen atoms in total. The second kappa shape index (κ2) is 3.10. The molecule has 4 rings (SSSR count). The number of hydrogen-bond donors (Lipinski definition) is 1. The highest BCUT2D eigenvalue weighted by atomic mass is 19.1. The van der Waals surface area contributed by atoms with Gasteiger partial charge in [0.1, 0.15) is 11.6 Å². The van der Waals surface area contributed by atoms with Crippen LogP contribution in [0.4, 0.5) is 4.39 Å². The molecule has 0 aromatic heterocycles. The lowest BCUT2D eigenvalue weighted by Crippen LogP contribution is -1.86. The minimum atomic E-state index is -0.222. The van der Waals surface area contributed by atoms with Crippen molar-refractivity contribution in [1.82, 2.24) is 0 Å². The van der Waals surface area contributed by atoms with Gasteiger partial charge in [-0.2, -0.15) is 0 Å². The molecular weight excluding hydrogens is 227 g/mol. The molecule has 0 saturated carbocycles. The van der Waals surface area contributed by atoms with E-state index in [1.807, 2.05) is 18.2 Å². The summed E-state index contributed by atoms with van der Waals surface area (Å²) in [4.78, 5) is 0. The standard InChI is InChI=1S/C16H9FO/c17-13-7-3-9-1-2-10-4-8-14(18)12-6-5-11(13)15(9)16(10)12/h1-8,18H. The molecule has 1 N–H and O–H groups in total. The molecule has 2 heteroatoms. The Morgan fingerprint density at radius 2 is 1.22 bits per heavy atom. The Morgan fingerprint density at radius 1 is 0.667 bits per heavy atom. The van der Waals surface area contributed by atoms with E-state index in [1.54, 1.807) is 24.3 Å². The van der Waals surface area contributed by atoms with Crippen molar-refractivity contribution in [2.45, 2.75) is 0 Å². The van der Waals surface area contributed by atoms with E-state index in [1.165, 1.54) is 6.07 Å². The highest BCUT2D eigenvalue weighted by molar-refractivity contribution is 6.24. The van der Waals surface area contributed by atoms with E-state index in [-0.39, 0.29) is 11.6 Å². The molecule has 0 atom stereocenters. The van der Waals surface area contributed by atoms with Gasteiger partial charge in [-0.3, -0.25) is 0 Å². The molecular formula is C16H9FO. The van der Waals surface area contributed by atoms with E-state index in [0.717, 1.165) is 26.9 Å². The van der Waals surface area contributed by atoms with Crippen LogP contribution < -0.4 is 0 Å². The zero-order chi connectivity index (χ0) is 12.3. The highest BCUT2D eigenvalue weighted by Crippen LogP contribution is 2.38. The lowest BCUT2D eigenvalue weighted by Gasteiger charge is -2.11. The smallest absolute Gasteiger partial charge is 0.131 e. The first-order valence-corrected chi connectivity index (χ1v) is 5.81. The van der Waals surface area contributed by atoms with Gasteiger partial charge < -0.3 is 5.11 Å². The number of phenols is 1. The molecule has 4 aromatic rings. The molecule has 0 bridgehead atoms. The predicted molar refractivity (Wildman–Crippen MR) is 71.8 cm³/mol. The Morgan fingerprint density at radius 3 is 2.00 bits per heavy atom. The molecule has 0 heterocycles. The highest BCUT2D eigenvalue weighted by Gasteiger charge is 2.12. The monoisotopic (exact) mass is 236 g/mol. The summed E-state index contributed by atoms with van der Waals surface area (Å²) in [5.41, 5.74) is 0. The van der Waals surface area contributed by atoms with Crippen molar-refractivity contribution in [2.75, 3.05) is 0 Å². The molecule has 0 fully saturated rings. The molecule has 0 aliphatic heterocycles. The van der Waals surface area contributed by atoms with Crippen molar-refractivity contribution < 1.29 is 9.50 Å². The van der Waals surface area contributed by atoms with Crippen LogP contribution in [-0.2, 0) is 0 Å². The zero-order valence-electron chi connectivity index (χ0n) is 9.44. The third-order valence-corrected chi connectivity index (χ3v) is 3.59. The van der Waals surface area contributed by atoms with Gasteiger partial charge in [-0.1, -0.05) is 30.3 Å². The van der Waals surface area contributed by atoms with Crippen molar-refractivity contribution in [3.05, 3.63) is 54.3 Å². The van der Waals surface area contributed by atoms with Crippen LogP contribution in [0.25, 0.3) is 32.3 Å². The van der Waals surface area contributed by atoms with Gasteiger partial charge in [0.15, 0.2) is 0 Å². The number of benzene rings is 4. The first-order chi connectivity index (χ1) is 8.75. The van der Waals surface area contributed by atoms with Gasteiger partial charge >= 0.3 is 0 Å². The van der Waals surface area contributed by atoms with Crippen LogP contribution in [0, 0.1) is 5.82 Å². The molecule has 18 heavy (non-hydrogen) atoms. The van der Waals surface area contributed by atoms with Crippen LogP contribution in [-0.4, -0.2) is 5.11 Å². The van der Waals surface area contributed by atoms with Crippen LogP contribution >= 0.6 is 0 Å². The maximum absolute atomic E-state index is 13.9. The van der Waals surface area contributed by atoms with Gasteiger partial charge in [0.2, 0.25) is 0 Å². The molecule has 0 spiro atoms. The van der Waals surface area contributed by atoms with Gasteiger partial charge in [0.25, 0.3) is 0 Å². The lowest BCUT2D eigenvalue weighted by atomic mass is 9.94. The molecule has 0 amide bonds. The largest absolute Gasteiger partial charge is 0.507 e. The predicted octanol–water partition coefficient (Wildman–Crippen LogP) is 4.43. The normalized spacial score (nSPS) is 11.8. The summed E-state index contributed by atoms with van der Waals surface area (Å²) < 4.78 is 13.9. The lowest BCUT2D eigenvalue weighted by molar-refractivity contribution is 0.482. The molecule has 0 aliphatic rings. The average molecular weight is 236 g/mol. The Balaban J connectivity index is 2.47. The molecule has 0 unspecified atom stereocenters. The maximum Gasteiger partial charge on any atom is 0.131 e. The van der Waals surface area contributed by atoms with Crippen LogP contribution in [0.5, 0.6) is 5.75 Å². The second-order valence-corrected chi connectivity index (χ2v) is 4.55. The van der Waals surface area contributed by atoms with Crippen LogP contribution in [0.3, 0.4) is 0 Å². The Bertz CT molecular complexity index is 821. The Labute approximate surface area is 102 Å². The van der Waals surface area contributed by atoms with Gasteiger partial charge in [0, 0.05) is 21.5 Å². The minimum absolute atomic E-state index is 0.222. The third kappa shape index (κ3) is 1.05. The van der Waals surface area contributed by atoms with Crippen LogP contribution in [0.2, 0.25) is 0 Å². The first kappa shape index (κ1) is 9.66. The summed E-state index contributed by atoms with van der Waals surface area (Å²) in [6.45, 7) is 0. The van der Waals surface area contributed by atoms with Crippen molar-refractivity contribution >= 4 is 32.3 Å². The van der Waals surface area contributed by atoms with E-state index in [2.05, 4.69) is 0 Å². The van der Waals surface area contributed by atoms with Crippen LogP contribution in [0.15, 0.2) is 48.5 Å². The minimum Gasteiger partial charge on any atom is -0.507 e. The van der Waals surface area contributed by atoms with Crippen molar-refractivity contribution in [3.63, 3.8) is 0 Å². The molecule has 4 aromatic carbocycles. The maximum atomic E-state index is 13.9. The first-order valence-electron chi connectivity index (χ1n) is 5.81. The van der Waals surface area contributed by atoms with E-state index in [0.29, 0.717) is 5.39 Å². The number of halogens is 1. The molecule has 0 radical (unpaired) electrons. The Kier molecular flexibility index (Phi) is 1.67. The third-order valence-electron chi connectivity index (χ3n) is 3.59. The van der Waals surface area contributed by atoms with Crippen molar-refractivity contribution in [1.29, 1.82) is 0 Å². The Hall–Kier alpha value is -2.35. The summed E-state index contributed by atoms with van der Waals surface area (Å²) in [6.07, 6.45) is 0. The molecule has 0 aliphatic carbocycles. The molecule has 0 saturated heterocycles. The van der Waals surface area contributed by atoms with E-state index in [9.17, 15) is 9.50 Å². The fourth-order valence-corrected chi connectivity index (χ4v) is 2.75. The zero-order valence-corrected chi connectivity index (χ0v) is 9.44. The van der Waals surface area contributed by atoms with Crippen LogP contribution in [0.1, 0.15) is 0 Å². The number of hydrogen-bond acceptors (Lipinski definition) is 1. The van der Waals surface area contributed by atoms with Crippen molar-refractivity contribution in [2.24, 2.45) is 0 Å². The molecule has 86 valence electrons. The fourth-order valence-electron chi connectivity index (χ4n) is 2.75. The summed E-state index contributed by atoms with van der Waals surface area (Å²) in [5, 5.41) is 15.1. The average Bonchev–Trinajstić information content (AvgIpc) is 2.40. The topological polar surface area (TPSA) is 20.2 Å². The quantitative estimate of drug-likeness (QED) is 0.448. The second-order valence-electron chi connectivity index (χ2n) is 4.55. The number of aromatic hydroxyl groups is 1. The van der Waals surface area contributed by atoms with E-state index in [4.69, 9.17) is 0 Å². The summed E-state index contributed by atoms with van der Waals surface area (Å²) >= 11 is 0. The van der Waals surface area contributed by atoms with E-state index < -0.39 is 0 Å². The summed E-state index contributed by atoms with van der Waals surface area (Å²) in [7, 11) is 0. The fraction of sp³-hybridized carbons (Fsp3) is 0. The number of phenolic OH excluding ortho intramolecular Hbond substituents is 1. The SMILES string of the molecule is Oc1ccc2ccc3ccc(F)c4ccc1c2c34. The summed E-state index contributed by atoms with van der Waals surface area (Å²) in [6, 6.07) is 14.3. The van der Waals surface area contributed by atoms with Gasteiger partial charge in [-0.15, -0.1) is 0 Å². The van der Waals surface area contributed by atoms with Gasteiger partial charge in [0.05, 0.1) is 0 Å². The van der Waals surface area contributed by atoms with Gasteiger partial charge in [-0.05, 0) is 29.0 Å². The van der Waals surface area contributed by atoms with Crippen molar-refractivity contribution in [3.8, 4) is 5.75 Å². The van der Waals surface area contributed by atoms with Gasteiger partial charge in [-0.25, -0.2) is 4.39 Å². The number of rotatable bonds is 0.